The number of benzene rings is 2. The molecule has 0 bridgehead atoms. The van der Waals surface area contributed by atoms with E-state index in [4.69, 9.17) is 23.2 Å². The van der Waals surface area contributed by atoms with Crippen molar-refractivity contribution in [3.63, 3.8) is 0 Å². The van der Waals surface area contributed by atoms with Crippen LogP contribution >= 0.6 is 39.1 Å². The number of nitrogens with zero attached hydrogens (tertiary/aromatic N) is 3. The second kappa shape index (κ2) is 9.22. The second-order valence-electron chi connectivity index (χ2n) is 7.11. The van der Waals surface area contributed by atoms with Crippen LogP contribution in [-0.2, 0) is 6.42 Å². The van der Waals surface area contributed by atoms with Crippen molar-refractivity contribution in [1.29, 1.82) is 5.26 Å². The fourth-order valence-electron chi connectivity index (χ4n) is 3.53. The summed E-state index contributed by atoms with van der Waals surface area (Å²) in [6.45, 7) is 3.92. The number of carboxylic acid groups (broad SMARTS) is 1. The van der Waals surface area contributed by atoms with Crippen molar-refractivity contribution in [3.8, 4) is 6.07 Å². The number of hydrogen-bond acceptors (Lipinski definition) is 3. The van der Waals surface area contributed by atoms with Gasteiger partial charge in [-0.25, -0.2) is 9.78 Å². The summed E-state index contributed by atoms with van der Waals surface area (Å²) in [5, 5.41) is 20.5. The van der Waals surface area contributed by atoms with E-state index in [1.54, 1.807) is 30.3 Å². The van der Waals surface area contributed by atoms with Crippen LogP contribution in [0.4, 0.5) is 0 Å². The number of rotatable bonds is 6. The Morgan fingerprint density at radius 1 is 1.20 bits per heavy atom. The molecule has 1 aromatic heterocycles. The Morgan fingerprint density at radius 2 is 1.83 bits per heavy atom. The Morgan fingerprint density at radius 3 is 2.40 bits per heavy atom. The van der Waals surface area contributed by atoms with Gasteiger partial charge in [0.05, 0.1) is 17.3 Å². The largest absolute Gasteiger partial charge is 0.476 e. The highest BCUT2D eigenvalue weighted by Gasteiger charge is 2.30. The highest BCUT2D eigenvalue weighted by Crippen LogP contribution is 2.36. The normalized spacial score (nSPS) is 12.0. The molecule has 1 unspecified atom stereocenters. The fourth-order valence-corrected chi connectivity index (χ4v) is 4.62. The van der Waals surface area contributed by atoms with Gasteiger partial charge >= 0.3 is 5.97 Å². The van der Waals surface area contributed by atoms with Gasteiger partial charge in [0.1, 0.15) is 0 Å². The topological polar surface area (TPSA) is 78.9 Å². The Labute approximate surface area is 193 Å². The monoisotopic (exact) mass is 505 g/mol. The van der Waals surface area contributed by atoms with Crippen LogP contribution in [0.5, 0.6) is 0 Å². The van der Waals surface area contributed by atoms with E-state index in [-0.39, 0.29) is 17.7 Å². The first-order valence-electron chi connectivity index (χ1n) is 9.17. The third kappa shape index (κ3) is 4.54. The van der Waals surface area contributed by atoms with Crippen LogP contribution in [0.2, 0.25) is 10.0 Å². The number of carboxylic acids is 1. The van der Waals surface area contributed by atoms with E-state index in [2.05, 4.69) is 27.0 Å². The highest BCUT2D eigenvalue weighted by atomic mass is 79.9. The number of hydrogen-bond donors (Lipinski definition) is 1. The van der Waals surface area contributed by atoms with E-state index in [1.807, 2.05) is 30.5 Å². The Bertz CT molecular complexity index is 1130. The zero-order valence-corrected chi connectivity index (χ0v) is 19.3. The molecule has 0 saturated heterocycles. The minimum Gasteiger partial charge on any atom is -0.476 e. The van der Waals surface area contributed by atoms with Gasteiger partial charge in [0.15, 0.2) is 10.4 Å². The number of aromatic nitrogens is 2. The van der Waals surface area contributed by atoms with E-state index in [0.29, 0.717) is 32.5 Å². The zero-order valence-electron chi connectivity index (χ0n) is 16.2. The van der Waals surface area contributed by atoms with Crippen molar-refractivity contribution in [2.75, 3.05) is 0 Å². The fraction of sp³-hybridized carbons (Fsp3) is 0.227. The molecule has 1 heterocycles. The molecule has 0 amide bonds. The van der Waals surface area contributed by atoms with Gasteiger partial charge in [-0.3, -0.25) is 0 Å². The van der Waals surface area contributed by atoms with Crippen molar-refractivity contribution in [1.82, 2.24) is 9.55 Å². The van der Waals surface area contributed by atoms with Crippen molar-refractivity contribution in [3.05, 3.63) is 85.3 Å². The van der Waals surface area contributed by atoms with Gasteiger partial charge in [-0.05, 0) is 77.7 Å². The van der Waals surface area contributed by atoms with Crippen molar-refractivity contribution < 1.29 is 9.90 Å². The average Bonchev–Trinajstić information content (AvgIpc) is 3.04. The summed E-state index contributed by atoms with van der Waals surface area (Å²) in [6.07, 6.45) is 0.371. The van der Waals surface area contributed by atoms with E-state index in [9.17, 15) is 15.2 Å². The Hall–Kier alpha value is -2.33. The lowest BCUT2D eigenvalue weighted by Gasteiger charge is -2.23. The molecule has 0 fully saturated rings. The lowest BCUT2D eigenvalue weighted by atomic mass is 9.86. The minimum atomic E-state index is -1.12. The van der Waals surface area contributed by atoms with E-state index < -0.39 is 5.97 Å². The molecule has 3 aromatic rings. The number of aromatic carboxylic acids is 1. The summed E-state index contributed by atoms with van der Waals surface area (Å²) in [4.78, 5) is 16.3. The van der Waals surface area contributed by atoms with Crippen molar-refractivity contribution >= 4 is 45.1 Å². The van der Waals surface area contributed by atoms with Gasteiger partial charge in [0.2, 0.25) is 0 Å². The molecule has 0 aliphatic rings. The smallest absolute Gasteiger partial charge is 0.356 e. The summed E-state index contributed by atoms with van der Waals surface area (Å²) < 4.78 is 2.30. The summed E-state index contributed by atoms with van der Waals surface area (Å²) in [5.74, 6) is -1.50. The molecule has 1 atom stereocenters. The van der Waals surface area contributed by atoms with Crippen LogP contribution in [0, 0.1) is 11.3 Å². The SMILES string of the molecule is CC(C)n1c(Br)nc(C(=O)O)c1C(Cc1cc(Cl)ccc1C#N)c1ccc(Cl)cc1. The molecule has 0 radical (unpaired) electrons. The Balaban J connectivity index is 2.27. The number of nitriles is 1. The maximum absolute atomic E-state index is 12.0. The minimum absolute atomic E-state index is 0.0314. The first-order valence-corrected chi connectivity index (χ1v) is 10.7. The van der Waals surface area contributed by atoms with Crippen molar-refractivity contribution in [2.45, 2.75) is 32.2 Å². The highest BCUT2D eigenvalue weighted by molar-refractivity contribution is 9.10. The molecule has 0 aliphatic carbocycles. The molecular formula is C22H18BrCl2N3O2. The standard InChI is InChI=1S/C22H18BrCl2N3O2/c1-12(2)28-20(19(21(29)30)27-22(28)23)18(13-3-6-16(24)7-4-13)10-15-9-17(25)8-5-14(15)11-26/h3-9,12,18H,10H2,1-2H3,(H,29,30). The average molecular weight is 507 g/mol. The summed E-state index contributed by atoms with van der Waals surface area (Å²) in [6, 6.07) is 14.5. The molecule has 2 aromatic carbocycles. The first-order chi connectivity index (χ1) is 14.2. The quantitative estimate of drug-likeness (QED) is 0.415. The van der Waals surface area contributed by atoms with Crippen LogP contribution in [-0.4, -0.2) is 20.6 Å². The Kier molecular flexibility index (Phi) is 6.87. The summed E-state index contributed by atoms with van der Waals surface area (Å²) in [5.41, 5.74) is 2.60. The number of imidazole rings is 1. The molecule has 0 saturated carbocycles. The predicted octanol–water partition coefficient (Wildman–Crippen LogP) is 6.48. The molecule has 0 spiro atoms. The molecule has 1 N–H and O–H groups in total. The van der Waals surface area contributed by atoms with E-state index >= 15 is 0 Å². The van der Waals surface area contributed by atoms with Gasteiger partial charge in [0, 0.05) is 22.0 Å². The van der Waals surface area contributed by atoms with Crippen LogP contribution in [0.25, 0.3) is 0 Å². The predicted molar refractivity (Wildman–Crippen MR) is 120 cm³/mol. The number of carbonyl (C=O) groups is 1. The van der Waals surface area contributed by atoms with Gasteiger partial charge < -0.3 is 9.67 Å². The van der Waals surface area contributed by atoms with E-state index in [1.165, 1.54) is 0 Å². The molecule has 3 rings (SSSR count). The van der Waals surface area contributed by atoms with Crippen molar-refractivity contribution in [2.24, 2.45) is 0 Å². The lowest BCUT2D eigenvalue weighted by molar-refractivity contribution is 0.0689. The maximum Gasteiger partial charge on any atom is 0.356 e. The zero-order chi connectivity index (χ0) is 22.0. The maximum atomic E-state index is 12.0. The van der Waals surface area contributed by atoms with E-state index in [0.717, 1.165) is 11.1 Å². The second-order valence-corrected chi connectivity index (χ2v) is 8.69. The van der Waals surface area contributed by atoms with Gasteiger partial charge in [0.25, 0.3) is 0 Å². The first kappa shape index (κ1) is 22.4. The van der Waals surface area contributed by atoms with Crippen LogP contribution in [0.3, 0.4) is 0 Å². The van der Waals surface area contributed by atoms with Crippen LogP contribution in [0.1, 0.15) is 58.7 Å². The van der Waals surface area contributed by atoms with Gasteiger partial charge in [-0.1, -0.05) is 35.3 Å². The van der Waals surface area contributed by atoms with Crippen LogP contribution in [0.15, 0.2) is 47.2 Å². The summed E-state index contributed by atoms with van der Waals surface area (Å²) in [7, 11) is 0. The molecule has 5 nitrogen and oxygen atoms in total. The lowest BCUT2D eigenvalue weighted by Crippen LogP contribution is -2.17. The molecular weight excluding hydrogens is 489 g/mol. The third-order valence-electron chi connectivity index (χ3n) is 4.84. The summed E-state index contributed by atoms with van der Waals surface area (Å²) >= 11 is 15.7. The van der Waals surface area contributed by atoms with Gasteiger partial charge in [-0.15, -0.1) is 0 Å². The number of halogens is 3. The molecule has 0 aliphatic heterocycles. The van der Waals surface area contributed by atoms with Crippen LogP contribution < -0.4 is 0 Å². The third-order valence-corrected chi connectivity index (χ3v) is 5.88. The molecule has 154 valence electrons. The van der Waals surface area contributed by atoms with Gasteiger partial charge in [-0.2, -0.15) is 5.26 Å². The molecule has 8 heteroatoms. The molecule has 30 heavy (non-hydrogen) atoms.